The maximum Gasteiger partial charge on any atom is 0.416 e. The number of carbonyl (C=O) groups is 1. The summed E-state index contributed by atoms with van der Waals surface area (Å²) in [5.41, 5.74) is 2.02. The van der Waals surface area contributed by atoms with Crippen molar-refractivity contribution in [3.05, 3.63) is 111 Å². The van der Waals surface area contributed by atoms with Gasteiger partial charge in [0.15, 0.2) is 5.16 Å². The molecule has 254 valence electrons. The lowest BCUT2D eigenvalue weighted by Gasteiger charge is -2.41. The van der Waals surface area contributed by atoms with Crippen LogP contribution in [0.4, 0.5) is 17.6 Å². The average molecular weight is 684 g/mol. The Morgan fingerprint density at radius 3 is 2.19 bits per heavy atom. The lowest BCUT2D eigenvalue weighted by Crippen LogP contribution is -2.52. The molecule has 1 fully saturated rings. The van der Waals surface area contributed by atoms with Gasteiger partial charge in [-0.3, -0.25) is 14.5 Å². The molecule has 1 aromatic heterocycles. The van der Waals surface area contributed by atoms with Gasteiger partial charge in [0.25, 0.3) is 5.56 Å². The zero-order valence-electron chi connectivity index (χ0n) is 26.7. The Balaban J connectivity index is 1.39. The minimum Gasteiger partial charge on any atom is -0.378 e. The van der Waals surface area contributed by atoms with Gasteiger partial charge in [0.2, 0.25) is 5.91 Å². The second-order valence-electron chi connectivity index (χ2n) is 11.7. The van der Waals surface area contributed by atoms with Crippen molar-refractivity contribution in [2.75, 3.05) is 13.1 Å². The Morgan fingerprint density at radius 2 is 1.60 bits per heavy atom. The number of nitrogens with zero attached hydrogens (tertiary/aromatic N) is 5. The smallest absolute Gasteiger partial charge is 0.378 e. The molecule has 48 heavy (non-hydrogen) atoms. The quantitative estimate of drug-likeness (QED) is 0.150. The molecule has 1 amide bonds. The third kappa shape index (κ3) is 8.69. The van der Waals surface area contributed by atoms with Gasteiger partial charge in [-0.25, -0.2) is 9.07 Å². The van der Waals surface area contributed by atoms with Crippen LogP contribution in [0.2, 0.25) is 0 Å². The second-order valence-corrected chi connectivity index (χ2v) is 12.6. The molecule has 5 rings (SSSR count). The van der Waals surface area contributed by atoms with Gasteiger partial charge in [0, 0.05) is 31.3 Å². The maximum absolute atomic E-state index is 14.1. The molecule has 0 saturated carbocycles. The van der Waals surface area contributed by atoms with E-state index in [9.17, 15) is 32.3 Å². The molecule has 0 radical (unpaired) electrons. The maximum atomic E-state index is 14.1. The number of aromatic nitrogens is 3. The van der Waals surface area contributed by atoms with Gasteiger partial charge < -0.3 is 10.0 Å². The molecule has 0 bridgehead atoms. The molecular weight excluding hydrogens is 646 g/mol. The van der Waals surface area contributed by atoms with Crippen molar-refractivity contribution in [1.82, 2.24) is 24.6 Å². The number of thioether (sulfide) groups is 1. The normalized spacial score (nSPS) is 17.0. The van der Waals surface area contributed by atoms with Crippen LogP contribution >= 0.6 is 11.8 Å². The van der Waals surface area contributed by atoms with E-state index in [2.05, 4.69) is 10.1 Å². The molecule has 2 unspecified atom stereocenters. The van der Waals surface area contributed by atoms with Crippen molar-refractivity contribution < 1.29 is 27.5 Å². The molecule has 0 spiro atoms. The molecule has 8 nitrogen and oxygen atoms in total. The summed E-state index contributed by atoms with van der Waals surface area (Å²) >= 11 is 1.23. The number of alkyl halides is 3. The van der Waals surface area contributed by atoms with E-state index in [4.69, 9.17) is 0 Å². The molecule has 2 heterocycles. The molecular formula is C35H37F4N5O3S. The highest BCUT2D eigenvalue weighted by molar-refractivity contribution is 7.98. The first-order valence-corrected chi connectivity index (χ1v) is 16.8. The SMILES string of the molecule is CCc1nn(CC(=O)N(Cc2ccc(-c3ccc(C(F)(F)F)cc3)cc2)C2CCN(CC)C(O)C2)c(SCc2ccc(F)cc2)nc1=O. The lowest BCUT2D eigenvalue weighted by atomic mass is 9.99. The number of carbonyl (C=O) groups excluding carboxylic acids is 1. The molecule has 4 aromatic rings. The number of hydrogen-bond acceptors (Lipinski definition) is 7. The molecule has 1 aliphatic heterocycles. The summed E-state index contributed by atoms with van der Waals surface area (Å²) in [7, 11) is 0. The first kappa shape index (κ1) is 35.2. The number of benzene rings is 3. The Bertz CT molecular complexity index is 1750. The number of aliphatic hydroxyl groups excluding tert-OH is 1. The monoisotopic (exact) mass is 683 g/mol. The number of amides is 1. The summed E-state index contributed by atoms with van der Waals surface area (Å²) in [6.07, 6.45) is -3.81. The number of hydrogen-bond donors (Lipinski definition) is 1. The highest BCUT2D eigenvalue weighted by Gasteiger charge is 2.33. The standard InChI is InChI=1S/C35H37F4N5O3S/c1-3-30-33(47)40-34(48-22-24-7-15-28(36)16-8-24)44(41-30)21-32(46)43(29-17-18-42(4-2)31(45)19-29)20-23-5-9-25(10-6-23)26-11-13-27(14-12-26)35(37,38)39/h5-16,29,31,45H,3-4,17-22H2,1-2H3. The van der Waals surface area contributed by atoms with Crippen molar-refractivity contribution in [2.45, 2.75) is 75.6 Å². The summed E-state index contributed by atoms with van der Waals surface area (Å²) in [5.74, 6) is -0.250. The third-order valence-electron chi connectivity index (χ3n) is 8.48. The topological polar surface area (TPSA) is 91.6 Å². The molecule has 13 heteroatoms. The fourth-order valence-electron chi connectivity index (χ4n) is 5.72. The summed E-state index contributed by atoms with van der Waals surface area (Å²) in [6.45, 7) is 5.06. The number of aryl methyl sites for hydroxylation is 1. The van der Waals surface area contributed by atoms with Crippen LogP contribution in [0.3, 0.4) is 0 Å². The number of piperidine rings is 1. The minimum atomic E-state index is -4.42. The van der Waals surface area contributed by atoms with Gasteiger partial charge >= 0.3 is 6.18 Å². The first-order chi connectivity index (χ1) is 22.9. The van der Waals surface area contributed by atoms with E-state index in [-0.39, 0.29) is 41.7 Å². The summed E-state index contributed by atoms with van der Waals surface area (Å²) in [4.78, 5) is 34.7. The van der Waals surface area contributed by atoms with E-state index in [1.807, 2.05) is 24.0 Å². The van der Waals surface area contributed by atoms with Gasteiger partial charge in [-0.05, 0) is 65.9 Å². The molecule has 1 N–H and O–H groups in total. The van der Waals surface area contributed by atoms with Crippen LogP contribution in [0.15, 0.2) is 82.7 Å². The third-order valence-corrected chi connectivity index (χ3v) is 9.52. The van der Waals surface area contributed by atoms with E-state index in [0.29, 0.717) is 43.7 Å². The Morgan fingerprint density at radius 1 is 0.979 bits per heavy atom. The van der Waals surface area contributed by atoms with Gasteiger partial charge in [-0.2, -0.15) is 23.3 Å². The van der Waals surface area contributed by atoms with Crippen LogP contribution in [0, 0.1) is 5.82 Å². The van der Waals surface area contributed by atoms with Gasteiger partial charge in [-0.1, -0.05) is 74.1 Å². The van der Waals surface area contributed by atoms with E-state index >= 15 is 0 Å². The molecule has 1 aliphatic rings. The van der Waals surface area contributed by atoms with Crippen LogP contribution in [-0.2, 0) is 36.2 Å². The van der Waals surface area contributed by atoms with Crippen molar-refractivity contribution >= 4 is 17.7 Å². The van der Waals surface area contributed by atoms with Crippen molar-refractivity contribution in [1.29, 1.82) is 0 Å². The van der Waals surface area contributed by atoms with E-state index in [1.54, 1.807) is 36.1 Å². The molecule has 2 atom stereocenters. The predicted octanol–water partition coefficient (Wildman–Crippen LogP) is 6.15. The largest absolute Gasteiger partial charge is 0.416 e. The Kier molecular flexibility index (Phi) is 11.3. The Labute approximate surface area is 280 Å². The average Bonchev–Trinajstić information content (AvgIpc) is 3.07. The first-order valence-electron chi connectivity index (χ1n) is 15.8. The van der Waals surface area contributed by atoms with E-state index in [0.717, 1.165) is 28.8 Å². The van der Waals surface area contributed by atoms with Gasteiger partial charge in [-0.15, -0.1) is 0 Å². The highest BCUT2D eigenvalue weighted by Crippen LogP contribution is 2.31. The second kappa shape index (κ2) is 15.4. The van der Waals surface area contributed by atoms with Crippen LogP contribution in [0.5, 0.6) is 0 Å². The number of rotatable bonds is 11. The van der Waals surface area contributed by atoms with Crippen LogP contribution in [-0.4, -0.2) is 60.9 Å². The fraction of sp³-hybridized carbons (Fsp3) is 0.371. The van der Waals surface area contributed by atoms with Crippen LogP contribution < -0.4 is 5.56 Å². The molecule has 1 saturated heterocycles. The fourth-order valence-corrected chi connectivity index (χ4v) is 6.61. The minimum absolute atomic E-state index is 0.195. The van der Waals surface area contributed by atoms with Gasteiger partial charge in [0.1, 0.15) is 24.3 Å². The lowest BCUT2D eigenvalue weighted by molar-refractivity contribution is -0.139. The number of likely N-dealkylation sites (tertiary alicyclic amines) is 1. The van der Waals surface area contributed by atoms with Crippen molar-refractivity contribution in [3.63, 3.8) is 0 Å². The Hall–Kier alpha value is -4.07. The summed E-state index contributed by atoms with van der Waals surface area (Å²) in [6, 6.07) is 17.9. The summed E-state index contributed by atoms with van der Waals surface area (Å²) in [5, 5.41) is 15.6. The van der Waals surface area contributed by atoms with Crippen molar-refractivity contribution in [3.8, 4) is 11.1 Å². The highest BCUT2D eigenvalue weighted by atomic mass is 32.2. The van der Waals surface area contributed by atoms with Gasteiger partial charge in [0.05, 0.1) is 5.56 Å². The molecule has 0 aliphatic carbocycles. The number of aliphatic hydroxyl groups is 1. The predicted molar refractivity (Wildman–Crippen MR) is 175 cm³/mol. The summed E-state index contributed by atoms with van der Waals surface area (Å²) < 4.78 is 54.0. The van der Waals surface area contributed by atoms with Crippen LogP contribution in [0.1, 0.15) is 49.1 Å². The zero-order valence-corrected chi connectivity index (χ0v) is 27.5. The van der Waals surface area contributed by atoms with E-state index in [1.165, 1.54) is 40.7 Å². The zero-order chi connectivity index (χ0) is 34.4. The van der Waals surface area contributed by atoms with E-state index < -0.39 is 23.5 Å². The molecule has 3 aromatic carbocycles. The number of halogens is 4. The van der Waals surface area contributed by atoms with Crippen molar-refractivity contribution in [2.24, 2.45) is 0 Å². The van der Waals surface area contributed by atoms with Crippen LogP contribution in [0.25, 0.3) is 11.1 Å².